The first-order chi connectivity index (χ1) is 40.5. The van der Waals surface area contributed by atoms with Gasteiger partial charge in [-0.2, -0.15) is 0 Å². The summed E-state index contributed by atoms with van der Waals surface area (Å²) in [6.07, 6.45) is 4.51. The zero-order valence-corrected chi connectivity index (χ0v) is 48.6. The molecule has 7 aromatic rings. The van der Waals surface area contributed by atoms with E-state index in [2.05, 4.69) is 27.5 Å². The molecule has 2 aliphatic heterocycles. The molecule has 1 unspecified atom stereocenters. The van der Waals surface area contributed by atoms with Crippen molar-refractivity contribution in [2.24, 2.45) is 32.8 Å². The third-order valence-electron chi connectivity index (χ3n) is 15.2. The van der Waals surface area contributed by atoms with Crippen LogP contribution in [0.3, 0.4) is 0 Å². The molecule has 4 aromatic heterocycles. The summed E-state index contributed by atoms with van der Waals surface area (Å²) in [5.74, 6) is -1.41. The van der Waals surface area contributed by atoms with Crippen molar-refractivity contribution in [2.45, 2.75) is 90.8 Å². The Morgan fingerprint density at radius 1 is 0.847 bits per heavy atom. The molecule has 1 fully saturated rings. The molecule has 0 bridgehead atoms. The number of aliphatic hydroxyl groups is 1. The number of nitrogens with one attached hydrogen (secondary N) is 3. The fourth-order valence-corrected chi connectivity index (χ4v) is 10.4. The molecule has 4 atom stereocenters. The minimum absolute atomic E-state index is 0.00194. The van der Waals surface area contributed by atoms with Gasteiger partial charge in [-0.1, -0.05) is 50.3 Å². The molecule has 6 heterocycles. The monoisotopic (exact) mass is 1160 g/mol. The average molecular weight is 1160 g/mol. The highest BCUT2D eigenvalue weighted by Gasteiger charge is 2.46. The lowest BCUT2D eigenvalue weighted by Crippen LogP contribution is -2.50. The number of hydrogen-bond acceptors (Lipinski definition) is 14. The Morgan fingerprint density at radius 3 is 2.31 bits per heavy atom. The van der Waals surface area contributed by atoms with Crippen molar-refractivity contribution >= 4 is 75.3 Å². The van der Waals surface area contributed by atoms with E-state index in [1.807, 2.05) is 26.0 Å². The summed E-state index contributed by atoms with van der Waals surface area (Å²) in [6, 6.07) is 18.1. The average Bonchev–Trinajstić information content (AvgIpc) is 2.08. The Bertz CT molecular complexity index is 3790. The number of methoxy groups -OCH3 is 1. The molecule has 23 heteroatoms. The van der Waals surface area contributed by atoms with Gasteiger partial charge in [0.15, 0.2) is 23.7 Å². The predicted octanol–water partition coefficient (Wildman–Crippen LogP) is 6.38. The molecule has 85 heavy (non-hydrogen) atoms. The van der Waals surface area contributed by atoms with Crippen LogP contribution < -0.4 is 36.1 Å². The lowest BCUT2D eigenvalue weighted by Gasteiger charge is -2.31. The van der Waals surface area contributed by atoms with Crippen molar-refractivity contribution < 1.29 is 57.7 Å². The first-order valence-corrected chi connectivity index (χ1v) is 27.7. The van der Waals surface area contributed by atoms with Gasteiger partial charge < -0.3 is 59.6 Å². The predicted molar refractivity (Wildman–Crippen MR) is 316 cm³/mol. The molecule has 2 aliphatic rings. The Morgan fingerprint density at radius 2 is 1.58 bits per heavy atom. The van der Waals surface area contributed by atoms with Gasteiger partial charge in [0.2, 0.25) is 17.6 Å². The molecule has 3 aromatic carbocycles. The molecule has 1 saturated heterocycles. The quantitative estimate of drug-likeness (QED) is 0.0297. The topological polar surface area (TPSA) is 286 Å². The summed E-state index contributed by atoms with van der Waals surface area (Å²) < 4.78 is 23.5. The molecular formula is C62H69N11O12. The number of fused-ring (bicyclic) bond motifs is 3. The Balaban J connectivity index is 0.777. The maximum absolute atomic E-state index is 14.1. The van der Waals surface area contributed by atoms with Crippen LogP contribution in [0, 0.1) is 12.8 Å². The van der Waals surface area contributed by atoms with Crippen LogP contribution in [-0.4, -0.2) is 125 Å². The number of Topliss-reactive ketones (excluding diaryl/α,β-unsaturated/α-hetero) is 2. The smallest absolute Gasteiger partial charge is 0.416 e. The van der Waals surface area contributed by atoms with Crippen LogP contribution >= 0.6 is 0 Å². The van der Waals surface area contributed by atoms with Gasteiger partial charge >= 0.3 is 6.09 Å². The molecule has 9 rings (SSSR count). The van der Waals surface area contributed by atoms with E-state index in [0.717, 1.165) is 10.3 Å². The molecule has 0 saturated carbocycles. The van der Waals surface area contributed by atoms with Crippen molar-refractivity contribution in [3.05, 3.63) is 155 Å². The summed E-state index contributed by atoms with van der Waals surface area (Å²) in [5, 5.41) is 20.9. The highest BCUT2D eigenvalue weighted by molar-refractivity contribution is 6.07. The number of benzene rings is 3. The number of aromatic nitrogens is 5. The summed E-state index contributed by atoms with van der Waals surface area (Å²) in [5.41, 5.74) is 11.0. The number of nitrogens with zero attached hydrogens (tertiary/aromatic N) is 7. The van der Waals surface area contributed by atoms with E-state index in [9.17, 15) is 43.5 Å². The number of carbonyl (C=O) groups is 8. The van der Waals surface area contributed by atoms with E-state index >= 15 is 0 Å². The first kappa shape index (κ1) is 60.0. The van der Waals surface area contributed by atoms with Crippen LogP contribution in [0.15, 0.2) is 110 Å². The number of anilines is 3. The SMILES string of the molecule is C=C1C[C@H]2C(O)N(C(=O)OCc3ccc(CC(=O)[C@H](C)NC(=O)[C@@H](N)C(C)C)cc3)c3cc(OCCCC(=O)Nc4cn(C)c(C(=O)Cc5cc(C(=O)Nc6cc(C(=O)n7ccc8cc(OC)ccc87)n(C)c6)n(C)c5)n4)c(C)cc3C(=O)N2C1. The molecular weight excluding hydrogens is 1090 g/mol. The van der Waals surface area contributed by atoms with E-state index in [1.165, 1.54) is 26.3 Å². The Kier molecular flexibility index (Phi) is 17.7. The van der Waals surface area contributed by atoms with Crippen LogP contribution in [0.5, 0.6) is 11.5 Å². The third-order valence-corrected chi connectivity index (χ3v) is 15.2. The molecule has 0 aliphatic carbocycles. The fraction of sp³-hybridized carbons (Fsp3) is 0.339. The summed E-state index contributed by atoms with van der Waals surface area (Å²) >= 11 is 0. The zero-order valence-electron chi connectivity index (χ0n) is 48.6. The number of aliphatic hydroxyl groups excluding tert-OH is 1. The summed E-state index contributed by atoms with van der Waals surface area (Å²) in [4.78, 5) is 114. The summed E-state index contributed by atoms with van der Waals surface area (Å²) in [6.45, 7) is 11.0. The van der Waals surface area contributed by atoms with Crippen LogP contribution in [0.25, 0.3) is 10.9 Å². The lowest BCUT2D eigenvalue weighted by molar-refractivity contribution is -0.128. The third kappa shape index (κ3) is 13.1. The number of imidazole rings is 1. The second-order valence-corrected chi connectivity index (χ2v) is 22.0. The molecule has 0 spiro atoms. The van der Waals surface area contributed by atoms with Gasteiger partial charge in [0.05, 0.1) is 54.3 Å². The van der Waals surface area contributed by atoms with Crippen molar-refractivity contribution in [1.29, 1.82) is 0 Å². The standard InChI is InChI=1S/C62H69N11O12/c1-34(2)55(63)58(78)64-37(5)50(74)24-38-12-14-39(15-13-38)33-85-62(82)73-46-28-52(36(4)22-44(46)59(79)72-29-35(3)21-49(72)61(73)81)84-20-10-11-54(76)66-53-32-70(8)56(67-53)51(75)25-40-23-47(68(6)30-40)57(77)65-42-27-48(69(7)31-42)60(80)71-19-18-41-26-43(83-9)16-17-45(41)71/h12-19,22-23,26-28,30-32,34,37,49,55,61,81H,3,10-11,20-21,24-25,29,33,63H2,1-2,4-9H3,(H,64,78)(H,65,77)(H,66,76)/t37-,49-,55-,61?/m0/s1. The maximum atomic E-state index is 14.1. The van der Waals surface area contributed by atoms with Crippen molar-refractivity contribution in [2.75, 3.05) is 35.8 Å². The molecule has 0 radical (unpaired) electrons. The minimum Gasteiger partial charge on any atom is -0.497 e. The van der Waals surface area contributed by atoms with Gasteiger partial charge in [-0.3, -0.25) is 38.1 Å². The van der Waals surface area contributed by atoms with Gasteiger partial charge in [0.1, 0.15) is 29.5 Å². The largest absolute Gasteiger partial charge is 0.497 e. The zero-order chi connectivity index (χ0) is 61.1. The molecule has 444 valence electrons. The normalized spacial score (nSPS) is 15.5. The molecule has 23 nitrogen and oxygen atoms in total. The van der Waals surface area contributed by atoms with Gasteiger partial charge in [0.25, 0.3) is 17.7 Å². The van der Waals surface area contributed by atoms with E-state index in [0.29, 0.717) is 56.2 Å². The fourth-order valence-electron chi connectivity index (χ4n) is 10.4. The van der Waals surface area contributed by atoms with Crippen molar-refractivity contribution in [3.63, 3.8) is 0 Å². The maximum Gasteiger partial charge on any atom is 0.416 e. The highest BCUT2D eigenvalue weighted by atomic mass is 16.6. The van der Waals surface area contributed by atoms with E-state index < -0.39 is 54.1 Å². The minimum atomic E-state index is -1.52. The summed E-state index contributed by atoms with van der Waals surface area (Å²) in [7, 11) is 6.60. The van der Waals surface area contributed by atoms with Gasteiger partial charge in [-0.15, -0.1) is 0 Å². The number of ether oxygens (including phenoxy) is 3. The first-order valence-electron chi connectivity index (χ1n) is 27.7. The van der Waals surface area contributed by atoms with Crippen molar-refractivity contribution in [1.82, 2.24) is 33.5 Å². The highest BCUT2D eigenvalue weighted by Crippen LogP contribution is 2.40. The van der Waals surface area contributed by atoms with E-state index in [4.69, 9.17) is 19.9 Å². The second-order valence-electron chi connectivity index (χ2n) is 22.0. The van der Waals surface area contributed by atoms with Crippen LogP contribution in [0.1, 0.15) is 104 Å². The molecule has 6 N–H and O–H groups in total. The van der Waals surface area contributed by atoms with E-state index in [1.54, 1.807) is 124 Å². The lowest BCUT2D eigenvalue weighted by atomic mass is 10.0. The Labute approximate surface area is 490 Å². The number of nitrogens with two attached hydrogens (primary N) is 1. The van der Waals surface area contributed by atoms with Gasteiger partial charge in [0, 0.05) is 83.2 Å². The van der Waals surface area contributed by atoms with Crippen LogP contribution in [0.4, 0.5) is 22.0 Å². The number of aryl methyl sites for hydroxylation is 4. The number of hydrogen-bond donors (Lipinski definition) is 5. The number of amides is 5. The molecule has 5 amide bonds. The van der Waals surface area contributed by atoms with Gasteiger partial charge in [-0.05, 0) is 97.3 Å². The van der Waals surface area contributed by atoms with Crippen LogP contribution in [-0.2, 0) is 59.7 Å². The number of carbonyl (C=O) groups excluding carboxylic acids is 8. The number of ketones is 2. The van der Waals surface area contributed by atoms with Gasteiger partial charge in [-0.25, -0.2) is 14.7 Å². The van der Waals surface area contributed by atoms with Crippen LogP contribution in [0.2, 0.25) is 0 Å². The number of rotatable bonds is 21. The Hall–Kier alpha value is -9.61. The van der Waals surface area contributed by atoms with Crippen molar-refractivity contribution in [3.8, 4) is 11.5 Å². The second kappa shape index (κ2) is 25.1. The van der Waals surface area contributed by atoms with E-state index in [-0.39, 0.29) is 104 Å².